The first kappa shape index (κ1) is 10.3. The van der Waals surface area contributed by atoms with Crippen molar-refractivity contribution in [3.63, 3.8) is 0 Å². The van der Waals surface area contributed by atoms with Crippen LogP contribution in [0.15, 0.2) is 23.6 Å². The summed E-state index contributed by atoms with van der Waals surface area (Å²) in [6.07, 6.45) is 0. The molecule has 1 aromatic carbocycles. The Morgan fingerprint density at radius 1 is 1.43 bits per heavy atom. The van der Waals surface area contributed by atoms with Gasteiger partial charge in [0.2, 0.25) is 0 Å². The van der Waals surface area contributed by atoms with Crippen LogP contribution in [-0.2, 0) is 5.75 Å². The molecule has 0 saturated heterocycles. The molecule has 14 heavy (non-hydrogen) atoms. The Balaban J connectivity index is 2.37. The summed E-state index contributed by atoms with van der Waals surface area (Å²) < 4.78 is 1.30. The average molecular weight is 243 g/mol. The van der Waals surface area contributed by atoms with Crippen LogP contribution < -0.4 is 0 Å². The van der Waals surface area contributed by atoms with Gasteiger partial charge in [0.25, 0.3) is 0 Å². The zero-order chi connectivity index (χ0) is 9.97. The van der Waals surface area contributed by atoms with Gasteiger partial charge in [-0.05, 0) is 34.2 Å². The Hall–Kier alpha value is -0.180. The fourth-order valence-corrected chi connectivity index (χ4v) is 3.39. The molecule has 0 unspecified atom stereocenters. The van der Waals surface area contributed by atoms with Gasteiger partial charge in [0.15, 0.2) is 0 Å². The SMILES string of the molecule is CCSCc1csc2cc(Cl)ccc12. The van der Waals surface area contributed by atoms with Gasteiger partial charge in [-0.25, -0.2) is 0 Å². The van der Waals surface area contributed by atoms with E-state index in [9.17, 15) is 0 Å². The van der Waals surface area contributed by atoms with Gasteiger partial charge in [-0.15, -0.1) is 11.3 Å². The molecular weight excluding hydrogens is 232 g/mol. The number of hydrogen-bond acceptors (Lipinski definition) is 2. The second kappa shape index (κ2) is 4.56. The lowest BCUT2D eigenvalue weighted by Gasteiger charge is -1.97. The molecule has 74 valence electrons. The lowest BCUT2D eigenvalue weighted by atomic mass is 10.2. The maximum absolute atomic E-state index is 5.93. The van der Waals surface area contributed by atoms with Crippen LogP contribution in [0.4, 0.5) is 0 Å². The second-order valence-corrected chi connectivity index (χ2v) is 5.66. The molecule has 0 fully saturated rings. The van der Waals surface area contributed by atoms with E-state index in [1.165, 1.54) is 21.4 Å². The number of fused-ring (bicyclic) bond motifs is 1. The van der Waals surface area contributed by atoms with Crippen LogP contribution in [0.1, 0.15) is 12.5 Å². The molecule has 0 N–H and O–H groups in total. The molecule has 0 nitrogen and oxygen atoms in total. The first-order chi connectivity index (χ1) is 6.81. The van der Waals surface area contributed by atoms with Crippen molar-refractivity contribution in [2.24, 2.45) is 0 Å². The molecule has 0 amide bonds. The monoisotopic (exact) mass is 242 g/mol. The van der Waals surface area contributed by atoms with Crippen molar-refractivity contribution in [3.8, 4) is 0 Å². The molecule has 0 bridgehead atoms. The number of halogens is 1. The first-order valence-corrected chi connectivity index (χ1v) is 6.96. The molecule has 0 saturated carbocycles. The highest BCUT2D eigenvalue weighted by Gasteiger charge is 2.03. The normalized spacial score (nSPS) is 11.0. The highest BCUT2D eigenvalue weighted by atomic mass is 35.5. The van der Waals surface area contributed by atoms with Crippen LogP contribution in [0.25, 0.3) is 10.1 Å². The maximum atomic E-state index is 5.93. The van der Waals surface area contributed by atoms with E-state index in [1.807, 2.05) is 23.9 Å². The van der Waals surface area contributed by atoms with E-state index in [1.54, 1.807) is 11.3 Å². The zero-order valence-corrected chi connectivity index (χ0v) is 10.3. The Kier molecular flexibility index (Phi) is 3.37. The molecule has 0 radical (unpaired) electrons. The molecular formula is C11H11ClS2. The fourth-order valence-electron chi connectivity index (χ4n) is 1.38. The van der Waals surface area contributed by atoms with Crippen molar-refractivity contribution in [2.45, 2.75) is 12.7 Å². The largest absolute Gasteiger partial charge is 0.157 e. The summed E-state index contributed by atoms with van der Waals surface area (Å²) in [6.45, 7) is 2.19. The Labute approximate surface area is 97.3 Å². The molecule has 2 rings (SSSR count). The summed E-state index contributed by atoms with van der Waals surface area (Å²) in [5, 5.41) is 4.43. The van der Waals surface area contributed by atoms with Crippen LogP contribution in [0, 0.1) is 0 Å². The average Bonchev–Trinajstić information content (AvgIpc) is 2.57. The third kappa shape index (κ3) is 2.08. The highest BCUT2D eigenvalue weighted by Crippen LogP contribution is 2.30. The molecule has 0 spiro atoms. The van der Waals surface area contributed by atoms with Crippen molar-refractivity contribution in [2.75, 3.05) is 5.75 Å². The van der Waals surface area contributed by atoms with E-state index in [2.05, 4.69) is 18.4 Å². The predicted molar refractivity (Wildman–Crippen MR) is 68.7 cm³/mol. The lowest BCUT2D eigenvalue weighted by molar-refractivity contribution is 1.45. The van der Waals surface area contributed by atoms with Crippen LogP contribution in [-0.4, -0.2) is 5.75 Å². The van der Waals surface area contributed by atoms with Crippen molar-refractivity contribution in [1.29, 1.82) is 0 Å². The minimum atomic E-state index is 0.828. The molecule has 1 aromatic heterocycles. The minimum Gasteiger partial charge on any atom is -0.157 e. The molecule has 3 heteroatoms. The molecule has 0 aliphatic rings. The van der Waals surface area contributed by atoms with Gasteiger partial charge in [0.1, 0.15) is 0 Å². The van der Waals surface area contributed by atoms with Crippen molar-refractivity contribution in [1.82, 2.24) is 0 Å². The fraction of sp³-hybridized carbons (Fsp3) is 0.273. The van der Waals surface area contributed by atoms with Crippen LogP contribution in [0.3, 0.4) is 0 Å². The summed E-state index contributed by atoms with van der Waals surface area (Å²) in [5.41, 5.74) is 1.44. The van der Waals surface area contributed by atoms with E-state index in [0.717, 1.165) is 10.8 Å². The van der Waals surface area contributed by atoms with Gasteiger partial charge in [0, 0.05) is 15.5 Å². The molecule has 0 aliphatic heterocycles. The quantitative estimate of drug-likeness (QED) is 0.745. The van der Waals surface area contributed by atoms with Gasteiger partial charge in [0.05, 0.1) is 0 Å². The van der Waals surface area contributed by atoms with Gasteiger partial charge < -0.3 is 0 Å². The Bertz CT molecular complexity index is 434. The summed E-state index contributed by atoms with van der Waals surface area (Å²) in [6, 6.07) is 6.14. The zero-order valence-electron chi connectivity index (χ0n) is 7.92. The molecule has 0 aliphatic carbocycles. The van der Waals surface area contributed by atoms with Gasteiger partial charge in [-0.1, -0.05) is 24.6 Å². The molecule has 2 aromatic rings. The summed E-state index contributed by atoms with van der Waals surface area (Å²) in [5.74, 6) is 2.28. The summed E-state index contributed by atoms with van der Waals surface area (Å²) in [7, 11) is 0. The lowest BCUT2D eigenvalue weighted by Crippen LogP contribution is -1.77. The second-order valence-electron chi connectivity index (χ2n) is 3.04. The number of thiophene rings is 1. The van der Waals surface area contributed by atoms with E-state index >= 15 is 0 Å². The predicted octanol–water partition coefficient (Wildman–Crippen LogP) is 4.81. The van der Waals surface area contributed by atoms with Gasteiger partial charge in [-0.3, -0.25) is 0 Å². The van der Waals surface area contributed by atoms with Crippen molar-refractivity contribution < 1.29 is 0 Å². The number of rotatable bonds is 3. The topological polar surface area (TPSA) is 0 Å². The van der Waals surface area contributed by atoms with Crippen LogP contribution in [0.2, 0.25) is 5.02 Å². The number of benzene rings is 1. The number of hydrogen-bond donors (Lipinski definition) is 0. The summed E-state index contributed by atoms with van der Waals surface area (Å²) >= 11 is 9.67. The third-order valence-corrected chi connectivity index (χ3v) is 4.23. The Morgan fingerprint density at radius 3 is 3.07 bits per heavy atom. The van der Waals surface area contributed by atoms with E-state index in [-0.39, 0.29) is 0 Å². The van der Waals surface area contributed by atoms with Gasteiger partial charge in [-0.2, -0.15) is 11.8 Å². The van der Waals surface area contributed by atoms with E-state index in [0.29, 0.717) is 0 Å². The standard InChI is InChI=1S/C11H11ClS2/c1-2-13-6-8-7-14-11-5-9(12)3-4-10(8)11/h3-5,7H,2,6H2,1H3. The van der Waals surface area contributed by atoms with E-state index < -0.39 is 0 Å². The minimum absolute atomic E-state index is 0.828. The molecule has 1 heterocycles. The third-order valence-electron chi connectivity index (χ3n) is 2.08. The van der Waals surface area contributed by atoms with Crippen LogP contribution >= 0.6 is 34.7 Å². The van der Waals surface area contributed by atoms with Crippen molar-refractivity contribution >= 4 is 44.8 Å². The van der Waals surface area contributed by atoms with Crippen molar-refractivity contribution in [3.05, 3.63) is 34.2 Å². The smallest absolute Gasteiger partial charge is 0.0420 e. The molecule has 0 atom stereocenters. The first-order valence-electron chi connectivity index (χ1n) is 4.54. The Morgan fingerprint density at radius 2 is 2.29 bits per heavy atom. The maximum Gasteiger partial charge on any atom is 0.0420 e. The highest BCUT2D eigenvalue weighted by molar-refractivity contribution is 7.98. The van der Waals surface area contributed by atoms with E-state index in [4.69, 9.17) is 11.6 Å². The summed E-state index contributed by atoms with van der Waals surface area (Å²) in [4.78, 5) is 0. The van der Waals surface area contributed by atoms with Gasteiger partial charge >= 0.3 is 0 Å². The van der Waals surface area contributed by atoms with Crippen LogP contribution in [0.5, 0.6) is 0 Å². The number of thioether (sulfide) groups is 1.